The Kier molecular flexibility index (Phi) is 5.91. The van der Waals surface area contributed by atoms with Crippen LogP contribution in [0.3, 0.4) is 0 Å². The van der Waals surface area contributed by atoms with Crippen molar-refractivity contribution in [1.29, 1.82) is 0 Å². The molecule has 2 N–H and O–H groups in total. The van der Waals surface area contributed by atoms with E-state index in [0.29, 0.717) is 17.5 Å². The molecule has 2 aromatic carbocycles. The summed E-state index contributed by atoms with van der Waals surface area (Å²) in [6, 6.07) is 14.6. The van der Waals surface area contributed by atoms with Crippen molar-refractivity contribution >= 4 is 15.9 Å². The standard InChI is InChI=1S/C17H19BrFNO/c1-2-21-17(12-7-4-3-5-8-12)15(20)11-13-9-6-10-14(19)16(13)18/h3-10,15,17H,2,11,20H2,1H3. The molecule has 0 aliphatic rings. The van der Waals surface area contributed by atoms with Crippen molar-refractivity contribution in [1.82, 2.24) is 0 Å². The van der Waals surface area contributed by atoms with Crippen molar-refractivity contribution in [2.24, 2.45) is 5.73 Å². The van der Waals surface area contributed by atoms with Crippen molar-refractivity contribution in [2.45, 2.75) is 25.5 Å². The maximum absolute atomic E-state index is 13.6. The Morgan fingerprint density at radius 1 is 1.14 bits per heavy atom. The molecule has 2 rings (SSSR count). The van der Waals surface area contributed by atoms with Crippen LogP contribution in [-0.4, -0.2) is 12.6 Å². The number of hydrogen-bond donors (Lipinski definition) is 1. The highest BCUT2D eigenvalue weighted by atomic mass is 79.9. The molecule has 0 aliphatic carbocycles. The molecule has 0 amide bonds. The Bertz CT molecular complexity index is 576. The van der Waals surface area contributed by atoms with Gasteiger partial charge < -0.3 is 10.5 Å². The summed E-state index contributed by atoms with van der Waals surface area (Å²) in [6.45, 7) is 2.53. The van der Waals surface area contributed by atoms with Gasteiger partial charge in [-0.25, -0.2) is 4.39 Å². The molecule has 0 bridgehead atoms. The number of ether oxygens (including phenoxy) is 1. The fraction of sp³-hybridized carbons (Fsp3) is 0.294. The third-order valence-corrected chi connectivity index (χ3v) is 4.24. The zero-order valence-corrected chi connectivity index (χ0v) is 13.5. The van der Waals surface area contributed by atoms with Gasteiger partial charge in [-0.3, -0.25) is 0 Å². The molecule has 0 aromatic heterocycles. The molecule has 4 heteroatoms. The Labute approximate surface area is 133 Å². The van der Waals surface area contributed by atoms with Gasteiger partial charge in [0.2, 0.25) is 0 Å². The first-order chi connectivity index (χ1) is 10.1. The van der Waals surface area contributed by atoms with E-state index in [2.05, 4.69) is 15.9 Å². The number of hydrogen-bond acceptors (Lipinski definition) is 2. The lowest BCUT2D eigenvalue weighted by Gasteiger charge is -2.24. The first-order valence-corrected chi connectivity index (χ1v) is 7.77. The monoisotopic (exact) mass is 351 g/mol. The number of benzene rings is 2. The Morgan fingerprint density at radius 2 is 1.86 bits per heavy atom. The summed E-state index contributed by atoms with van der Waals surface area (Å²) in [5.41, 5.74) is 8.21. The van der Waals surface area contributed by atoms with Gasteiger partial charge in [0.1, 0.15) is 5.82 Å². The van der Waals surface area contributed by atoms with Gasteiger partial charge in [-0.15, -0.1) is 0 Å². The van der Waals surface area contributed by atoms with E-state index in [1.807, 2.05) is 43.3 Å². The van der Waals surface area contributed by atoms with Crippen LogP contribution in [0.5, 0.6) is 0 Å². The molecular weight excluding hydrogens is 333 g/mol. The van der Waals surface area contributed by atoms with E-state index in [0.717, 1.165) is 11.1 Å². The van der Waals surface area contributed by atoms with Gasteiger partial charge in [-0.2, -0.15) is 0 Å². The van der Waals surface area contributed by atoms with Crippen LogP contribution in [0.15, 0.2) is 53.0 Å². The predicted octanol–water partition coefficient (Wildman–Crippen LogP) is 4.24. The first-order valence-electron chi connectivity index (χ1n) is 6.98. The summed E-state index contributed by atoms with van der Waals surface area (Å²) in [5, 5.41) is 0. The summed E-state index contributed by atoms with van der Waals surface area (Å²) in [4.78, 5) is 0. The molecule has 0 heterocycles. The SMILES string of the molecule is CCOC(c1ccccc1)C(N)Cc1cccc(F)c1Br. The van der Waals surface area contributed by atoms with Crippen molar-refractivity contribution < 1.29 is 9.13 Å². The third kappa shape index (κ3) is 4.13. The van der Waals surface area contributed by atoms with Crippen molar-refractivity contribution in [3.05, 3.63) is 69.9 Å². The lowest BCUT2D eigenvalue weighted by atomic mass is 9.96. The van der Waals surface area contributed by atoms with Crippen LogP contribution in [-0.2, 0) is 11.2 Å². The van der Waals surface area contributed by atoms with E-state index >= 15 is 0 Å². The van der Waals surface area contributed by atoms with Crippen LogP contribution in [0.1, 0.15) is 24.2 Å². The topological polar surface area (TPSA) is 35.2 Å². The number of halogens is 2. The molecule has 2 atom stereocenters. The molecule has 2 nitrogen and oxygen atoms in total. The van der Waals surface area contributed by atoms with E-state index in [4.69, 9.17) is 10.5 Å². The van der Waals surface area contributed by atoms with Crippen molar-refractivity contribution in [3.63, 3.8) is 0 Å². The average molecular weight is 352 g/mol. The van der Waals surface area contributed by atoms with Gasteiger partial charge in [-0.1, -0.05) is 42.5 Å². The highest BCUT2D eigenvalue weighted by Gasteiger charge is 2.21. The van der Waals surface area contributed by atoms with E-state index in [9.17, 15) is 4.39 Å². The van der Waals surface area contributed by atoms with Crippen LogP contribution >= 0.6 is 15.9 Å². The third-order valence-electron chi connectivity index (χ3n) is 3.35. The van der Waals surface area contributed by atoms with E-state index in [1.165, 1.54) is 6.07 Å². The maximum Gasteiger partial charge on any atom is 0.137 e. The fourth-order valence-electron chi connectivity index (χ4n) is 2.36. The highest BCUT2D eigenvalue weighted by Crippen LogP contribution is 2.26. The van der Waals surface area contributed by atoms with Gasteiger partial charge in [0, 0.05) is 12.6 Å². The van der Waals surface area contributed by atoms with Gasteiger partial charge in [0.25, 0.3) is 0 Å². The van der Waals surface area contributed by atoms with Gasteiger partial charge in [0.05, 0.1) is 10.6 Å². The smallest absolute Gasteiger partial charge is 0.137 e. The van der Waals surface area contributed by atoms with E-state index in [1.54, 1.807) is 6.07 Å². The second-order valence-electron chi connectivity index (χ2n) is 4.87. The van der Waals surface area contributed by atoms with Crippen molar-refractivity contribution in [2.75, 3.05) is 6.61 Å². The molecule has 21 heavy (non-hydrogen) atoms. The van der Waals surface area contributed by atoms with Crippen LogP contribution in [0.2, 0.25) is 0 Å². The van der Waals surface area contributed by atoms with E-state index < -0.39 is 0 Å². The normalized spacial score (nSPS) is 13.9. The molecule has 0 saturated heterocycles. The summed E-state index contributed by atoms with van der Waals surface area (Å²) in [6.07, 6.45) is 0.337. The predicted molar refractivity (Wildman–Crippen MR) is 86.6 cm³/mol. The Morgan fingerprint density at radius 3 is 2.52 bits per heavy atom. The first kappa shape index (κ1) is 16.1. The molecule has 0 saturated carbocycles. The van der Waals surface area contributed by atoms with E-state index in [-0.39, 0.29) is 18.0 Å². The molecule has 2 aromatic rings. The largest absolute Gasteiger partial charge is 0.372 e. The zero-order chi connectivity index (χ0) is 15.2. The second kappa shape index (κ2) is 7.69. The van der Waals surface area contributed by atoms with Crippen LogP contribution in [0.25, 0.3) is 0 Å². The number of rotatable bonds is 6. The Hall–Kier alpha value is -1.23. The minimum absolute atomic E-state index is 0.202. The molecule has 0 fully saturated rings. The fourth-order valence-corrected chi connectivity index (χ4v) is 2.78. The molecule has 0 aliphatic heterocycles. The summed E-state index contributed by atoms with van der Waals surface area (Å²) >= 11 is 3.28. The highest BCUT2D eigenvalue weighted by molar-refractivity contribution is 9.10. The van der Waals surface area contributed by atoms with Gasteiger partial charge in [0.15, 0.2) is 0 Å². The molecular formula is C17H19BrFNO. The number of nitrogens with two attached hydrogens (primary N) is 1. The lowest BCUT2D eigenvalue weighted by Crippen LogP contribution is -2.32. The Balaban J connectivity index is 2.19. The van der Waals surface area contributed by atoms with Crippen LogP contribution < -0.4 is 5.73 Å². The quantitative estimate of drug-likeness (QED) is 0.844. The zero-order valence-electron chi connectivity index (χ0n) is 11.9. The van der Waals surface area contributed by atoms with Crippen LogP contribution in [0.4, 0.5) is 4.39 Å². The average Bonchev–Trinajstić information content (AvgIpc) is 2.50. The summed E-state index contributed by atoms with van der Waals surface area (Å²) in [7, 11) is 0. The van der Waals surface area contributed by atoms with Crippen LogP contribution in [0, 0.1) is 5.82 Å². The van der Waals surface area contributed by atoms with Crippen molar-refractivity contribution in [3.8, 4) is 0 Å². The molecule has 112 valence electrons. The summed E-state index contributed by atoms with van der Waals surface area (Å²) < 4.78 is 19.9. The minimum atomic E-state index is -0.271. The second-order valence-corrected chi connectivity index (χ2v) is 5.66. The maximum atomic E-state index is 13.6. The minimum Gasteiger partial charge on any atom is -0.372 e. The lowest BCUT2D eigenvalue weighted by molar-refractivity contribution is 0.0432. The van der Waals surface area contributed by atoms with Gasteiger partial charge >= 0.3 is 0 Å². The summed E-state index contributed by atoms with van der Waals surface area (Å²) in [5.74, 6) is -0.271. The van der Waals surface area contributed by atoms with Gasteiger partial charge in [-0.05, 0) is 46.5 Å². The molecule has 0 radical (unpaired) electrons. The molecule has 0 spiro atoms. The molecule has 2 unspecified atom stereocenters.